The van der Waals surface area contributed by atoms with E-state index in [2.05, 4.69) is 31.9 Å². The van der Waals surface area contributed by atoms with Gasteiger partial charge in [0.1, 0.15) is 11.5 Å². The van der Waals surface area contributed by atoms with Crippen molar-refractivity contribution >= 4 is 43.5 Å². The molecule has 0 heterocycles. The van der Waals surface area contributed by atoms with Gasteiger partial charge in [0.25, 0.3) is 0 Å². The van der Waals surface area contributed by atoms with E-state index in [0.29, 0.717) is 10.4 Å². The standard InChI is InChI=1S/C14H11Br2ClO/c15-8-10-3-1-2-4-13(10)18-14-6-5-12(17)7-11(14)9-16/h1-7H,8-9H2. The van der Waals surface area contributed by atoms with Crippen molar-refractivity contribution in [1.82, 2.24) is 0 Å². The average Bonchev–Trinajstić information content (AvgIpc) is 2.41. The molecule has 0 bridgehead atoms. The van der Waals surface area contributed by atoms with Crippen molar-refractivity contribution in [3.8, 4) is 11.5 Å². The van der Waals surface area contributed by atoms with Gasteiger partial charge in [-0.2, -0.15) is 0 Å². The fourth-order valence-electron chi connectivity index (χ4n) is 1.58. The molecule has 0 saturated heterocycles. The van der Waals surface area contributed by atoms with Crippen molar-refractivity contribution < 1.29 is 4.74 Å². The number of hydrogen-bond acceptors (Lipinski definition) is 1. The Labute approximate surface area is 128 Å². The summed E-state index contributed by atoms with van der Waals surface area (Å²) < 4.78 is 5.96. The molecule has 0 aromatic heterocycles. The second-order valence-electron chi connectivity index (χ2n) is 3.73. The van der Waals surface area contributed by atoms with Crippen LogP contribution in [0.2, 0.25) is 5.02 Å². The van der Waals surface area contributed by atoms with Crippen LogP contribution in [0.4, 0.5) is 0 Å². The number of halogens is 3. The SMILES string of the molecule is Clc1ccc(Oc2ccccc2CBr)c(CBr)c1. The lowest BCUT2D eigenvalue weighted by molar-refractivity contribution is 0.474. The van der Waals surface area contributed by atoms with Crippen molar-refractivity contribution in [3.63, 3.8) is 0 Å². The number of benzene rings is 2. The highest BCUT2D eigenvalue weighted by atomic mass is 79.9. The first-order valence-electron chi connectivity index (χ1n) is 5.40. The number of rotatable bonds is 4. The predicted molar refractivity (Wildman–Crippen MR) is 83.2 cm³/mol. The van der Waals surface area contributed by atoms with E-state index in [9.17, 15) is 0 Å². The van der Waals surface area contributed by atoms with Gasteiger partial charge in [-0.05, 0) is 24.3 Å². The maximum absolute atomic E-state index is 5.97. The highest BCUT2D eigenvalue weighted by Crippen LogP contribution is 2.31. The summed E-state index contributed by atoms with van der Waals surface area (Å²) in [5, 5.41) is 2.19. The molecule has 2 rings (SSSR count). The fraction of sp³-hybridized carbons (Fsp3) is 0.143. The van der Waals surface area contributed by atoms with Gasteiger partial charge in [-0.15, -0.1) is 0 Å². The Morgan fingerprint density at radius 2 is 1.56 bits per heavy atom. The third-order valence-corrected chi connectivity index (χ3v) is 3.95. The molecule has 0 radical (unpaired) electrons. The molecule has 0 aliphatic heterocycles. The van der Waals surface area contributed by atoms with E-state index in [1.54, 1.807) is 0 Å². The molecule has 18 heavy (non-hydrogen) atoms. The lowest BCUT2D eigenvalue weighted by Gasteiger charge is -2.12. The highest BCUT2D eigenvalue weighted by Gasteiger charge is 2.07. The van der Waals surface area contributed by atoms with Crippen molar-refractivity contribution in [2.24, 2.45) is 0 Å². The van der Waals surface area contributed by atoms with E-state index in [1.807, 2.05) is 42.5 Å². The van der Waals surface area contributed by atoms with Crippen LogP contribution in [0.15, 0.2) is 42.5 Å². The maximum atomic E-state index is 5.97. The summed E-state index contributed by atoms with van der Waals surface area (Å²) in [6.45, 7) is 0. The van der Waals surface area contributed by atoms with E-state index in [1.165, 1.54) is 0 Å². The molecule has 2 aromatic rings. The zero-order valence-corrected chi connectivity index (χ0v) is 13.4. The Kier molecular flexibility index (Phi) is 5.10. The Balaban J connectivity index is 2.33. The Hall–Kier alpha value is -0.510. The van der Waals surface area contributed by atoms with Gasteiger partial charge in [-0.3, -0.25) is 0 Å². The predicted octanol–water partition coefficient (Wildman–Crippen LogP) is 5.92. The Bertz CT molecular complexity index is 543. The van der Waals surface area contributed by atoms with Crippen LogP contribution in [0.25, 0.3) is 0 Å². The van der Waals surface area contributed by atoms with Gasteiger partial charge in [-0.25, -0.2) is 0 Å². The van der Waals surface area contributed by atoms with E-state index >= 15 is 0 Å². The molecule has 0 N–H and O–H groups in total. The van der Waals surface area contributed by atoms with E-state index in [-0.39, 0.29) is 0 Å². The van der Waals surface area contributed by atoms with Gasteiger partial charge in [0, 0.05) is 26.8 Å². The quantitative estimate of drug-likeness (QED) is 0.589. The van der Waals surface area contributed by atoms with Gasteiger partial charge >= 0.3 is 0 Å². The van der Waals surface area contributed by atoms with Gasteiger partial charge in [0.05, 0.1) is 0 Å². The number of para-hydroxylation sites is 1. The zero-order chi connectivity index (χ0) is 13.0. The average molecular weight is 391 g/mol. The first kappa shape index (κ1) is 13.9. The van der Waals surface area contributed by atoms with Crippen molar-refractivity contribution in [1.29, 1.82) is 0 Å². The molecule has 0 unspecified atom stereocenters. The Morgan fingerprint density at radius 1 is 0.889 bits per heavy atom. The second kappa shape index (κ2) is 6.60. The summed E-state index contributed by atoms with van der Waals surface area (Å²) in [4.78, 5) is 0. The molecule has 0 aliphatic carbocycles. The summed E-state index contributed by atoms with van der Waals surface area (Å²) in [7, 11) is 0. The molecular weight excluding hydrogens is 379 g/mol. The lowest BCUT2D eigenvalue weighted by Crippen LogP contribution is -1.92. The molecule has 0 spiro atoms. The molecular formula is C14H11Br2ClO. The number of alkyl halides is 2. The van der Waals surface area contributed by atoms with Gasteiger partial charge in [-0.1, -0.05) is 61.7 Å². The first-order valence-corrected chi connectivity index (χ1v) is 8.03. The molecule has 0 aliphatic rings. The van der Waals surface area contributed by atoms with Crippen LogP contribution < -0.4 is 4.74 Å². The minimum Gasteiger partial charge on any atom is -0.457 e. The van der Waals surface area contributed by atoms with E-state index < -0.39 is 0 Å². The van der Waals surface area contributed by atoms with Crippen LogP contribution in [0.1, 0.15) is 11.1 Å². The molecule has 0 atom stereocenters. The summed E-state index contributed by atoms with van der Waals surface area (Å²) in [6.07, 6.45) is 0. The lowest BCUT2D eigenvalue weighted by atomic mass is 10.2. The van der Waals surface area contributed by atoms with Crippen molar-refractivity contribution in [2.45, 2.75) is 10.7 Å². The summed E-state index contributed by atoms with van der Waals surface area (Å²) >= 11 is 12.9. The minimum atomic E-state index is 0.708. The van der Waals surface area contributed by atoms with Crippen molar-refractivity contribution in [2.75, 3.05) is 0 Å². The van der Waals surface area contributed by atoms with E-state index in [4.69, 9.17) is 16.3 Å². The fourth-order valence-corrected chi connectivity index (χ4v) is 2.68. The topological polar surface area (TPSA) is 9.23 Å². The minimum absolute atomic E-state index is 0.708. The monoisotopic (exact) mass is 388 g/mol. The van der Waals surface area contributed by atoms with Gasteiger partial charge in [0.2, 0.25) is 0 Å². The van der Waals surface area contributed by atoms with Gasteiger partial charge < -0.3 is 4.74 Å². The maximum Gasteiger partial charge on any atom is 0.131 e. The number of hydrogen-bond donors (Lipinski definition) is 0. The molecule has 4 heteroatoms. The van der Waals surface area contributed by atoms with Gasteiger partial charge in [0.15, 0.2) is 0 Å². The van der Waals surface area contributed by atoms with Crippen molar-refractivity contribution in [3.05, 3.63) is 58.6 Å². The Morgan fingerprint density at radius 3 is 2.28 bits per heavy atom. The first-order chi connectivity index (χ1) is 8.74. The molecule has 2 aromatic carbocycles. The molecule has 0 fully saturated rings. The third-order valence-electron chi connectivity index (χ3n) is 2.50. The van der Waals surface area contributed by atoms with Crippen LogP contribution in [0.5, 0.6) is 11.5 Å². The highest BCUT2D eigenvalue weighted by molar-refractivity contribution is 9.08. The smallest absolute Gasteiger partial charge is 0.131 e. The summed E-state index contributed by atoms with van der Waals surface area (Å²) in [5.74, 6) is 1.68. The number of ether oxygens (including phenoxy) is 1. The van der Waals surface area contributed by atoms with Crippen LogP contribution >= 0.6 is 43.5 Å². The molecule has 1 nitrogen and oxygen atoms in total. The summed E-state index contributed by atoms with van der Waals surface area (Å²) in [6, 6.07) is 13.6. The molecule has 94 valence electrons. The largest absolute Gasteiger partial charge is 0.457 e. The molecule has 0 amide bonds. The molecule has 0 saturated carbocycles. The van der Waals surface area contributed by atoms with E-state index in [0.717, 1.165) is 28.0 Å². The van der Waals surface area contributed by atoms with Crippen LogP contribution in [0.3, 0.4) is 0 Å². The second-order valence-corrected chi connectivity index (χ2v) is 5.29. The van der Waals surface area contributed by atoms with Crippen LogP contribution in [-0.4, -0.2) is 0 Å². The van der Waals surface area contributed by atoms with Crippen LogP contribution in [-0.2, 0) is 10.7 Å². The summed E-state index contributed by atoms with van der Waals surface area (Å²) in [5.41, 5.74) is 2.15. The normalized spacial score (nSPS) is 10.4. The zero-order valence-electron chi connectivity index (χ0n) is 9.50. The third kappa shape index (κ3) is 3.28. The van der Waals surface area contributed by atoms with Crippen LogP contribution in [0, 0.1) is 0 Å².